The van der Waals surface area contributed by atoms with Crippen molar-refractivity contribution in [1.29, 1.82) is 0 Å². The number of fused-ring (bicyclic) bond motifs is 3. The maximum atomic E-state index is 12.9. The number of hydrogen-bond donors (Lipinski definition) is 3. The summed E-state index contributed by atoms with van der Waals surface area (Å²) in [4.78, 5) is 24.1. The monoisotopic (exact) mass is 375 g/mol. The highest BCUT2D eigenvalue weighted by atomic mass is 16.2. The second-order valence-electron chi connectivity index (χ2n) is 9.89. The van der Waals surface area contributed by atoms with E-state index in [9.17, 15) is 9.59 Å². The molecule has 0 aromatic carbocycles. The minimum Gasteiger partial charge on any atom is -0.354 e. The van der Waals surface area contributed by atoms with Crippen LogP contribution in [-0.2, 0) is 9.59 Å². The van der Waals surface area contributed by atoms with Gasteiger partial charge in [-0.1, -0.05) is 6.92 Å². The van der Waals surface area contributed by atoms with Crippen LogP contribution in [0.3, 0.4) is 0 Å². The summed E-state index contributed by atoms with van der Waals surface area (Å²) < 4.78 is 0. The summed E-state index contributed by atoms with van der Waals surface area (Å²) in [7, 11) is 0. The van der Waals surface area contributed by atoms with E-state index < -0.39 is 0 Å². The van der Waals surface area contributed by atoms with Crippen molar-refractivity contribution < 1.29 is 9.59 Å². The molecule has 152 valence electrons. The Bertz CT molecular complexity index is 558. The van der Waals surface area contributed by atoms with E-state index in [-0.39, 0.29) is 11.8 Å². The molecule has 0 aromatic rings. The Balaban J connectivity index is 1.27. The Morgan fingerprint density at radius 2 is 1.37 bits per heavy atom. The minimum absolute atomic E-state index is 0.0553. The first kappa shape index (κ1) is 19.2. The van der Waals surface area contributed by atoms with E-state index >= 15 is 0 Å². The molecule has 5 nitrogen and oxygen atoms in total. The number of amides is 2. The van der Waals surface area contributed by atoms with E-state index in [0.717, 1.165) is 50.4 Å². The molecule has 27 heavy (non-hydrogen) atoms. The van der Waals surface area contributed by atoms with Crippen molar-refractivity contribution in [2.45, 2.75) is 102 Å². The Hall–Kier alpha value is -1.10. The number of rotatable bonds is 3. The van der Waals surface area contributed by atoms with Crippen molar-refractivity contribution in [2.75, 3.05) is 0 Å². The lowest BCUT2D eigenvalue weighted by Crippen LogP contribution is -2.46. The summed E-state index contributed by atoms with van der Waals surface area (Å²) in [6.45, 7) is 3.98. The van der Waals surface area contributed by atoms with Gasteiger partial charge in [-0.15, -0.1) is 0 Å². The topological polar surface area (TPSA) is 70.2 Å². The Morgan fingerprint density at radius 1 is 0.778 bits per heavy atom. The molecule has 4 fully saturated rings. The van der Waals surface area contributed by atoms with E-state index in [1.54, 1.807) is 6.92 Å². The van der Waals surface area contributed by atoms with Crippen LogP contribution in [0.25, 0.3) is 0 Å². The molecular formula is C22H37N3O2. The predicted molar refractivity (Wildman–Crippen MR) is 106 cm³/mol. The molecule has 0 bridgehead atoms. The Kier molecular flexibility index (Phi) is 5.77. The molecule has 0 aromatic heterocycles. The molecule has 4 rings (SSSR count). The van der Waals surface area contributed by atoms with Crippen molar-refractivity contribution in [3.63, 3.8) is 0 Å². The van der Waals surface area contributed by atoms with Crippen LogP contribution in [0.4, 0.5) is 0 Å². The molecule has 6 atom stereocenters. The van der Waals surface area contributed by atoms with Crippen LogP contribution < -0.4 is 16.0 Å². The van der Waals surface area contributed by atoms with Crippen LogP contribution >= 0.6 is 0 Å². The van der Waals surface area contributed by atoms with Gasteiger partial charge in [0.2, 0.25) is 11.8 Å². The van der Waals surface area contributed by atoms with Gasteiger partial charge in [0.15, 0.2) is 0 Å². The van der Waals surface area contributed by atoms with Gasteiger partial charge in [-0.2, -0.15) is 0 Å². The molecule has 6 unspecified atom stereocenters. The fraction of sp³-hybridized carbons (Fsp3) is 0.909. The predicted octanol–water partition coefficient (Wildman–Crippen LogP) is 2.74. The van der Waals surface area contributed by atoms with Gasteiger partial charge in [0.25, 0.3) is 0 Å². The second kappa shape index (κ2) is 8.10. The van der Waals surface area contributed by atoms with Crippen molar-refractivity contribution in [3.8, 4) is 0 Å². The maximum Gasteiger partial charge on any atom is 0.223 e. The molecule has 1 heterocycles. The number of carbonyl (C=O) groups is 2. The summed E-state index contributed by atoms with van der Waals surface area (Å²) in [6.07, 6.45) is 11.2. The van der Waals surface area contributed by atoms with Gasteiger partial charge < -0.3 is 16.0 Å². The second-order valence-corrected chi connectivity index (χ2v) is 9.89. The first-order valence-electron chi connectivity index (χ1n) is 11.3. The first-order valence-corrected chi connectivity index (χ1v) is 11.3. The third-order valence-electron chi connectivity index (χ3n) is 7.89. The quantitative estimate of drug-likeness (QED) is 0.710. The van der Waals surface area contributed by atoms with Crippen molar-refractivity contribution in [2.24, 2.45) is 23.7 Å². The Labute approximate surface area is 163 Å². The third kappa shape index (κ3) is 4.33. The molecule has 3 N–H and O–H groups in total. The zero-order valence-corrected chi connectivity index (χ0v) is 17.0. The molecule has 4 aliphatic rings. The maximum absolute atomic E-state index is 12.9. The van der Waals surface area contributed by atoms with Gasteiger partial charge in [-0.05, 0) is 82.0 Å². The molecule has 1 saturated heterocycles. The van der Waals surface area contributed by atoms with E-state index in [2.05, 4.69) is 22.9 Å². The number of carbonyl (C=O) groups excluding carboxylic acids is 2. The largest absolute Gasteiger partial charge is 0.354 e. The summed E-state index contributed by atoms with van der Waals surface area (Å²) >= 11 is 0. The van der Waals surface area contributed by atoms with Crippen molar-refractivity contribution in [3.05, 3.63) is 0 Å². The van der Waals surface area contributed by atoms with Crippen LogP contribution in [0, 0.1) is 23.7 Å². The van der Waals surface area contributed by atoms with E-state index in [4.69, 9.17) is 0 Å². The third-order valence-corrected chi connectivity index (χ3v) is 7.89. The zero-order chi connectivity index (χ0) is 19.0. The lowest BCUT2D eigenvalue weighted by molar-refractivity contribution is -0.128. The molecule has 5 heteroatoms. The first-order chi connectivity index (χ1) is 13.0. The number of hydrogen-bond acceptors (Lipinski definition) is 3. The highest BCUT2D eigenvalue weighted by molar-refractivity contribution is 5.79. The normalized spacial score (nSPS) is 44.1. The number of nitrogens with one attached hydrogen (secondary N) is 3. The summed E-state index contributed by atoms with van der Waals surface area (Å²) in [5.74, 6) is 2.90. The fourth-order valence-electron chi connectivity index (χ4n) is 6.49. The summed E-state index contributed by atoms with van der Waals surface area (Å²) in [6, 6.07) is 1.95. The van der Waals surface area contributed by atoms with Crippen LogP contribution in [-0.4, -0.2) is 36.0 Å². The smallest absolute Gasteiger partial charge is 0.223 e. The van der Waals surface area contributed by atoms with E-state index in [1.807, 2.05) is 0 Å². The van der Waals surface area contributed by atoms with Crippen LogP contribution in [0.1, 0.15) is 78.1 Å². The fourth-order valence-corrected chi connectivity index (χ4v) is 6.49. The van der Waals surface area contributed by atoms with Gasteiger partial charge in [0, 0.05) is 37.0 Å². The molecule has 2 amide bonds. The van der Waals surface area contributed by atoms with Crippen molar-refractivity contribution >= 4 is 11.8 Å². The molecule has 3 aliphatic carbocycles. The minimum atomic E-state index is 0.0553. The van der Waals surface area contributed by atoms with Gasteiger partial charge in [0.1, 0.15) is 0 Å². The van der Waals surface area contributed by atoms with Gasteiger partial charge in [0.05, 0.1) is 0 Å². The lowest BCUT2D eigenvalue weighted by atomic mass is 9.68. The SMILES string of the molecule is CC(=O)NC1CCC(NC(=O)C2CCC3NC4CCC(C)CC4C3C2)CC1. The van der Waals surface area contributed by atoms with Crippen LogP contribution in [0.15, 0.2) is 0 Å². The zero-order valence-electron chi connectivity index (χ0n) is 17.0. The lowest BCUT2D eigenvalue weighted by Gasteiger charge is -2.37. The van der Waals surface area contributed by atoms with Crippen molar-refractivity contribution in [1.82, 2.24) is 16.0 Å². The van der Waals surface area contributed by atoms with Gasteiger partial charge in [-0.25, -0.2) is 0 Å². The molecule has 1 aliphatic heterocycles. The average molecular weight is 376 g/mol. The Morgan fingerprint density at radius 3 is 2.04 bits per heavy atom. The van der Waals surface area contributed by atoms with E-state index in [0.29, 0.717) is 36.0 Å². The molecular weight excluding hydrogens is 338 g/mol. The average Bonchev–Trinajstić information content (AvgIpc) is 3.00. The van der Waals surface area contributed by atoms with Gasteiger partial charge >= 0.3 is 0 Å². The van der Waals surface area contributed by atoms with Gasteiger partial charge in [-0.3, -0.25) is 9.59 Å². The summed E-state index contributed by atoms with van der Waals surface area (Å²) in [5, 5.41) is 10.3. The highest BCUT2D eigenvalue weighted by Crippen LogP contribution is 2.46. The molecule has 0 spiro atoms. The van der Waals surface area contributed by atoms with Crippen LogP contribution in [0.5, 0.6) is 0 Å². The van der Waals surface area contributed by atoms with E-state index in [1.165, 1.54) is 25.7 Å². The standard InChI is InChI=1S/C22H37N3O2/c1-13-3-9-20-18(11-13)19-12-15(4-10-21(19)25-20)22(27)24-17-7-5-16(6-8-17)23-14(2)26/h13,15-21,25H,3-12H2,1-2H3,(H,23,26)(H,24,27). The molecule has 3 saturated carbocycles. The van der Waals surface area contributed by atoms with Crippen LogP contribution in [0.2, 0.25) is 0 Å². The summed E-state index contributed by atoms with van der Waals surface area (Å²) in [5.41, 5.74) is 0. The highest BCUT2D eigenvalue weighted by Gasteiger charge is 2.48. The molecule has 0 radical (unpaired) electrons.